The van der Waals surface area contributed by atoms with Gasteiger partial charge in [-0.3, -0.25) is 4.79 Å². The van der Waals surface area contributed by atoms with Crippen molar-refractivity contribution >= 4 is 34.4 Å². The molecule has 0 aliphatic heterocycles. The standard InChI is InChI=1S/C23H19F4NO4S/c1-22(2,21(30)31)28-20(29)17-11-18(24)15-5-3-4-6-16(15)19(17)32-12-13-7-9-14(10-8-13)33-23(25,26)27/h3-11H,12H2,1-2H3,(H,28,29)(H,30,31). The third kappa shape index (κ3) is 5.95. The maximum Gasteiger partial charge on any atom is 0.446 e. The van der Waals surface area contributed by atoms with Gasteiger partial charge in [0.25, 0.3) is 5.91 Å². The number of carboxylic acid groups (broad SMARTS) is 1. The van der Waals surface area contributed by atoms with Gasteiger partial charge in [0.1, 0.15) is 23.7 Å². The second-order valence-electron chi connectivity index (χ2n) is 7.65. The summed E-state index contributed by atoms with van der Waals surface area (Å²) < 4.78 is 58.0. The Morgan fingerprint density at radius 1 is 1.03 bits per heavy atom. The van der Waals surface area contributed by atoms with Crippen molar-refractivity contribution in [1.82, 2.24) is 5.32 Å². The summed E-state index contributed by atoms with van der Waals surface area (Å²) in [6, 6.07) is 12.7. The SMILES string of the molecule is CC(C)(NC(=O)c1cc(F)c2ccccc2c1OCc1ccc(SC(F)(F)F)cc1)C(=O)O. The molecule has 0 aromatic heterocycles. The highest BCUT2D eigenvalue weighted by Gasteiger charge is 2.31. The summed E-state index contributed by atoms with van der Waals surface area (Å²) in [5, 5.41) is 12.1. The lowest BCUT2D eigenvalue weighted by atomic mass is 10.0. The zero-order valence-corrected chi connectivity index (χ0v) is 18.3. The van der Waals surface area contributed by atoms with Crippen LogP contribution in [0.25, 0.3) is 10.8 Å². The van der Waals surface area contributed by atoms with E-state index in [-0.39, 0.29) is 40.0 Å². The lowest BCUT2D eigenvalue weighted by Crippen LogP contribution is -2.49. The zero-order valence-electron chi connectivity index (χ0n) is 17.5. The van der Waals surface area contributed by atoms with Crippen molar-refractivity contribution < 1.29 is 37.0 Å². The topological polar surface area (TPSA) is 75.6 Å². The van der Waals surface area contributed by atoms with Crippen molar-refractivity contribution in [2.75, 3.05) is 0 Å². The van der Waals surface area contributed by atoms with Gasteiger partial charge >= 0.3 is 11.5 Å². The van der Waals surface area contributed by atoms with Crippen LogP contribution in [0.1, 0.15) is 29.8 Å². The fourth-order valence-electron chi connectivity index (χ4n) is 2.98. The van der Waals surface area contributed by atoms with E-state index in [9.17, 15) is 32.3 Å². The maximum absolute atomic E-state index is 14.7. The molecule has 3 aromatic rings. The summed E-state index contributed by atoms with van der Waals surface area (Å²) in [5.74, 6) is -2.79. The number of benzene rings is 3. The van der Waals surface area contributed by atoms with E-state index in [1.807, 2.05) is 0 Å². The first-order valence-corrected chi connectivity index (χ1v) is 10.4. The number of hydrogen-bond donors (Lipinski definition) is 2. The van der Waals surface area contributed by atoms with Gasteiger partial charge in [0, 0.05) is 15.7 Å². The number of ether oxygens (including phenoxy) is 1. The zero-order chi connectivity index (χ0) is 24.4. The molecule has 5 nitrogen and oxygen atoms in total. The molecule has 2 N–H and O–H groups in total. The average Bonchev–Trinajstić information content (AvgIpc) is 2.72. The van der Waals surface area contributed by atoms with Gasteiger partial charge in [0.05, 0.1) is 5.56 Å². The van der Waals surface area contributed by atoms with Crippen LogP contribution in [0.4, 0.5) is 17.6 Å². The first kappa shape index (κ1) is 24.4. The van der Waals surface area contributed by atoms with E-state index in [0.717, 1.165) is 6.07 Å². The number of nitrogens with one attached hydrogen (secondary N) is 1. The number of carbonyl (C=O) groups is 2. The normalized spacial score (nSPS) is 11.9. The van der Waals surface area contributed by atoms with Crippen LogP contribution in [0.2, 0.25) is 0 Å². The molecule has 0 saturated carbocycles. The number of fused-ring (bicyclic) bond motifs is 1. The molecule has 0 spiro atoms. The Morgan fingerprint density at radius 2 is 1.64 bits per heavy atom. The minimum Gasteiger partial charge on any atom is -0.487 e. The Bertz CT molecular complexity index is 1190. The Labute approximate surface area is 190 Å². The summed E-state index contributed by atoms with van der Waals surface area (Å²) in [6.07, 6.45) is 0. The van der Waals surface area contributed by atoms with Crippen LogP contribution < -0.4 is 10.1 Å². The lowest BCUT2D eigenvalue weighted by Gasteiger charge is -2.22. The first-order valence-electron chi connectivity index (χ1n) is 9.62. The number of thioether (sulfide) groups is 1. The van der Waals surface area contributed by atoms with Gasteiger partial charge in [0.2, 0.25) is 0 Å². The van der Waals surface area contributed by atoms with E-state index in [1.165, 1.54) is 44.2 Å². The summed E-state index contributed by atoms with van der Waals surface area (Å²) in [7, 11) is 0. The molecule has 0 heterocycles. The summed E-state index contributed by atoms with van der Waals surface area (Å²) >= 11 is -0.242. The molecular weight excluding hydrogens is 462 g/mol. The van der Waals surface area contributed by atoms with Crippen molar-refractivity contribution in [2.24, 2.45) is 0 Å². The molecule has 33 heavy (non-hydrogen) atoms. The molecule has 0 radical (unpaired) electrons. The van der Waals surface area contributed by atoms with Gasteiger partial charge in [0.15, 0.2) is 0 Å². The van der Waals surface area contributed by atoms with E-state index >= 15 is 0 Å². The molecule has 0 fully saturated rings. The Balaban J connectivity index is 1.94. The highest BCUT2D eigenvalue weighted by molar-refractivity contribution is 8.00. The second kappa shape index (κ2) is 9.30. The third-order valence-electron chi connectivity index (χ3n) is 4.69. The minimum absolute atomic E-state index is 0.00875. The van der Waals surface area contributed by atoms with Gasteiger partial charge in [-0.15, -0.1) is 0 Å². The molecule has 0 bridgehead atoms. The summed E-state index contributed by atoms with van der Waals surface area (Å²) in [6.45, 7) is 2.45. The number of carbonyl (C=O) groups excluding carboxylic acids is 1. The molecule has 3 aromatic carbocycles. The average molecular weight is 481 g/mol. The number of alkyl halides is 3. The van der Waals surface area contributed by atoms with E-state index < -0.39 is 28.7 Å². The van der Waals surface area contributed by atoms with Crippen LogP contribution in [0.15, 0.2) is 59.5 Å². The van der Waals surface area contributed by atoms with Crippen molar-refractivity contribution in [1.29, 1.82) is 0 Å². The Hall–Kier alpha value is -3.27. The van der Waals surface area contributed by atoms with Gasteiger partial charge in [-0.05, 0) is 49.4 Å². The predicted octanol–water partition coefficient (Wildman–Crippen LogP) is 5.76. The fraction of sp³-hybridized carbons (Fsp3) is 0.217. The van der Waals surface area contributed by atoms with Crippen LogP contribution in [0.3, 0.4) is 0 Å². The molecule has 0 saturated heterocycles. The predicted molar refractivity (Wildman–Crippen MR) is 116 cm³/mol. The molecule has 3 rings (SSSR count). The van der Waals surface area contributed by atoms with Gasteiger partial charge in [-0.25, -0.2) is 9.18 Å². The number of hydrogen-bond acceptors (Lipinski definition) is 4. The van der Waals surface area contributed by atoms with Gasteiger partial charge < -0.3 is 15.2 Å². The molecular formula is C23H19F4NO4S. The molecule has 0 unspecified atom stereocenters. The number of amides is 1. The molecule has 0 aliphatic carbocycles. The number of aliphatic carboxylic acids is 1. The fourth-order valence-corrected chi connectivity index (χ4v) is 3.52. The smallest absolute Gasteiger partial charge is 0.446 e. The lowest BCUT2D eigenvalue weighted by molar-refractivity contribution is -0.143. The molecule has 1 amide bonds. The molecule has 174 valence electrons. The highest BCUT2D eigenvalue weighted by Crippen LogP contribution is 2.37. The number of halogens is 4. The Kier molecular flexibility index (Phi) is 6.87. The van der Waals surface area contributed by atoms with E-state index in [4.69, 9.17) is 4.74 Å². The van der Waals surface area contributed by atoms with Crippen LogP contribution in [-0.4, -0.2) is 28.0 Å². The quantitative estimate of drug-likeness (QED) is 0.331. The summed E-state index contributed by atoms with van der Waals surface area (Å²) in [5.41, 5.74) is -5.71. The van der Waals surface area contributed by atoms with Gasteiger partial charge in [-0.2, -0.15) is 13.2 Å². The molecule has 0 atom stereocenters. The first-order chi connectivity index (χ1) is 15.4. The van der Waals surface area contributed by atoms with Gasteiger partial charge in [-0.1, -0.05) is 36.4 Å². The second-order valence-corrected chi connectivity index (χ2v) is 8.78. The van der Waals surface area contributed by atoms with Crippen molar-refractivity contribution in [2.45, 2.75) is 36.4 Å². The summed E-state index contributed by atoms with van der Waals surface area (Å²) in [4.78, 5) is 24.2. The maximum atomic E-state index is 14.7. The van der Waals surface area contributed by atoms with Crippen molar-refractivity contribution in [3.05, 3.63) is 71.5 Å². The largest absolute Gasteiger partial charge is 0.487 e. The monoisotopic (exact) mass is 481 g/mol. The van der Waals surface area contributed by atoms with E-state index in [0.29, 0.717) is 10.9 Å². The van der Waals surface area contributed by atoms with Crippen molar-refractivity contribution in [3.63, 3.8) is 0 Å². The van der Waals surface area contributed by atoms with E-state index in [2.05, 4.69) is 5.32 Å². The van der Waals surface area contributed by atoms with Crippen LogP contribution >= 0.6 is 11.8 Å². The van der Waals surface area contributed by atoms with Crippen LogP contribution in [0, 0.1) is 5.82 Å². The van der Waals surface area contributed by atoms with Crippen LogP contribution in [0.5, 0.6) is 5.75 Å². The van der Waals surface area contributed by atoms with Crippen LogP contribution in [-0.2, 0) is 11.4 Å². The number of rotatable bonds is 7. The Morgan fingerprint density at radius 3 is 2.21 bits per heavy atom. The number of carboxylic acids is 1. The van der Waals surface area contributed by atoms with Crippen molar-refractivity contribution in [3.8, 4) is 5.75 Å². The van der Waals surface area contributed by atoms with E-state index in [1.54, 1.807) is 18.2 Å². The highest BCUT2D eigenvalue weighted by atomic mass is 32.2. The molecule has 10 heteroatoms. The minimum atomic E-state index is -4.41. The molecule has 0 aliphatic rings. The third-order valence-corrected chi connectivity index (χ3v) is 5.43.